The van der Waals surface area contributed by atoms with Crippen molar-refractivity contribution in [1.29, 1.82) is 0 Å². The monoisotopic (exact) mass is 361 g/mol. The molecule has 1 aromatic carbocycles. The molecule has 0 unspecified atom stereocenters. The van der Waals surface area contributed by atoms with Crippen molar-refractivity contribution in [2.24, 2.45) is 0 Å². The van der Waals surface area contributed by atoms with Crippen LogP contribution < -0.4 is 0 Å². The molecule has 1 fully saturated rings. The van der Waals surface area contributed by atoms with Crippen molar-refractivity contribution < 1.29 is 9.84 Å². The summed E-state index contributed by atoms with van der Waals surface area (Å²) in [6.07, 6.45) is 2.27. The van der Waals surface area contributed by atoms with Crippen LogP contribution in [0, 0.1) is 4.77 Å². The summed E-state index contributed by atoms with van der Waals surface area (Å²) in [4.78, 5) is 0. The molecule has 0 spiro atoms. The largest absolute Gasteiger partial charge is 0.507 e. The summed E-state index contributed by atoms with van der Waals surface area (Å²) < 4.78 is 8.27. The molecule has 25 heavy (non-hydrogen) atoms. The lowest BCUT2D eigenvalue weighted by Crippen LogP contribution is -2.16. The van der Waals surface area contributed by atoms with Crippen LogP contribution in [0.2, 0.25) is 0 Å². The van der Waals surface area contributed by atoms with Crippen LogP contribution in [0.1, 0.15) is 63.5 Å². The first-order valence-corrected chi connectivity index (χ1v) is 9.43. The Bertz CT molecular complexity index is 801. The van der Waals surface area contributed by atoms with Gasteiger partial charge in [0.2, 0.25) is 0 Å². The van der Waals surface area contributed by atoms with Gasteiger partial charge in [-0.1, -0.05) is 33.8 Å². The number of benzene rings is 1. The average molecular weight is 362 g/mol. The molecular formula is C19H27N3O2S. The van der Waals surface area contributed by atoms with E-state index in [1.54, 1.807) is 0 Å². The topological polar surface area (TPSA) is 63.1 Å². The zero-order chi connectivity index (χ0) is 18.1. The van der Waals surface area contributed by atoms with Crippen LogP contribution >= 0.6 is 12.2 Å². The van der Waals surface area contributed by atoms with Crippen molar-refractivity contribution in [3.05, 3.63) is 28.0 Å². The highest BCUT2D eigenvalue weighted by atomic mass is 32.1. The zero-order valence-electron chi connectivity index (χ0n) is 15.4. The number of phenolic OH excluding ortho intramolecular Hbond substituents is 1. The van der Waals surface area contributed by atoms with E-state index in [1.165, 1.54) is 5.56 Å². The van der Waals surface area contributed by atoms with E-state index < -0.39 is 0 Å². The van der Waals surface area contributed by atoms with Gasteiger partial charge in [-0.2, -0.15) is 5.10 Å². The number of ether oxygens (including phenoxy) is 1. The highest BCUT2D eigenvalue weighted by Crippen LogP contribution is 2.38. The normalized spacial score (nSPS) is 17.8. The van der Waals surface area contributed by atoms with Crippen LogP contribution in [0.5, 0.6) is 5.75 Å². The summed E-state index contributed by atoms with van der Waals surface area (Å²) in [5, 5.41) is 18.2. The van der Waals surface area contributed by atoms with E-state index in [4.69, 9.17) is 17.0 Å². The molecule has 0 aliphatic carbocycles. The molecule has 0 amide bonds. The van der Waals surface area contributed by atoms with E-state index in [0.717, 1.165) is 30.6 Å². The fourth-order valence-corrected chi connectivity index (χ4v) is 3.52. The van der Waals surface area contributed by atoms with E-state index >= 15 is 0 Å². The van der Waals surface area contributed by atoms with Crippen LogP contribution in [0.3, 0.4) is 0 Å². The Kier molecular flexibility index (Phi) is 5.29. The van der Waals surface area contributed by atoms with Gasteiger partial charge in [0, 0.05) is 6.61 Å². The van der Waals surface area contributed by atoms with E-state index in [0.29, 0.717) is 28.8 Å². The summed E-state index contributed by atoms with van der Waals surface area (Å²) in [7, 11) is 0. The van der Waals surface area contributed by atoms with Gasteiger partial charge in [0.15, 0.2) is 10.6 Å². The van der Waals surface area contributed by atoms with E-state index in [-0.39, 0.29) is 12.0 Å². The molecule has 1 saturated heterocycles. The molecule has 2 aromatic rings. The fraction of sp³-hybridized carbons (Fsp3) is 0.579. The molecule has 0 radical (unpaired) electrons. The molecule has 1 aromatic heterocycles. The average Bonchev–Trinajstić information content (AvgIpc) is 3.19. The smallest absolute Gasteiger partial charge is 0.195 e. The van der Waals surface area contributed by atoms with Crippen LogP contribution in [-0.2, 0) is 11.3 Å². The number of aromatic nitrogens is 3. The first-order chi connectivity index (χ1) is 11.9. The van der Waals surface area contributed by atoms with E-state index in [2.05, 4.69) is 44.0 Å². The van der Waals surface area contributed by atoms with Crippen molar-refractivity contribution in [2.75, 3.05) is 6.61 Å². The number of hydrogen-bond donors (Lipinski definition) is 2. The molecule has 1 atom stereocenters. The number of aromatic amines is 1. The van der Waals surface area contributed by atoms with Crippen LogP contribution in [-0.4, -0.2) is 32.6 Å². The third-order valence-electron chi connectivity index (χ3n) is 4.86. The Morgan fingerprint density at radius 2 is 2.08 bits per heavy atom. The molecular weight excluding hydrogens is 334 g/mol. The summed E-state index contributed by atoms with van der Waals surface area (Å²) in [6.45, 7) is 9.95. The Hall–Kier alpha value is -1.66. The molecule has 136 valence electrons. The first kappa shape index (κ1) is 18.1. The minimum Gasteiger partial charge on any atom is -0.507 e. The van der Waals surface area contributed by atoms with Gasteiger partial charge >= 0.3 is 0 Å². The van der Waals surface area contributed by atoms with Gasteiger partial charge in [-0.05, 0) is 54.1 Å². The molecule has 6 heteroatoms. The number of H-pyrrole nitrogens is 1. The maximum absolute atomic E-state index is 10.9. The lowest BCUT2D eigenvalue weighted by Gasteiger charge is -2.18. The summed E-state index contributed by atoms with van der Waals surface area (Å²) in [5.74, 6) is 1.57. The predicted octanol–water partition coefficient (Wildman–Crippen LogP) is 4.74. The van der Waals surface area contributed by atoms with Gasteiger partial charge in [-0.25, -0.2) is 0 Å². The number of nitrogens with one attached hydrogen (secondary N) is 1. The maximum atomic E-state index is 10.9. The molecule has 1 aliphatic heterocycles. The van der Waals surface area contributed by atoms with Crippen LogP contribution in [0.15, 0.2) is 12.1 Å². The van der Waals surface area contributed by atoms with Crippen molar-refractivity contribution in [1.82, 2.24) is 14.8 Å². The number of rotatable bonds is 5. The van der Waals surface area contributed by atoms with Crippen molar-refractivity contribution in [2.45, 2.75) is 65.0 Å². The maximum Gasteiger partial charge on any atom is 0.195 e. The Morgan fingerprint density at radius 3 is 2.68 bits per heavy atom. The molecule has 0 bridgehead atoms. The highest BCUT2D eigenvalue weighted by Gasteiger charge is 2.23. The Morgan fingerprint density at radius 1 is 1.32 bits per heavy atom. The van der Waals surface area contributed by atoms with Gasteiger partial charge < -0.3 is 9.84 Å². The standard InChI is InChI=1S/C19H27N3O2S/c1-11(2)13-8-15(12(3)4)17(23)16(9-13)18-20-21-19(25)22(18)10-14-6-5-7-24-14/h8-9,11-12,14,23H,5-7,10H2,1-4H3,(H,21,25)/t14-/m1/s1. The Labute approximate surface area is 154 Å². The first-order valence-electron chi connectivity index (χ1n) is 9.02. The lowest BCUT2D eigenvalue weighted by molar-refractivity contribution is 0.0969. The zero-order valence-corrected chi connectivity index (χ0v) is 16.2. The van der Waals surface area contributed by atoms with Crippen molar-refractivity contribution >= 4 is 12.2 Å². The van der Waals surface area contributed by atoms with Crippen LogP contribution in [0.25, 0.3) is 11.4 Å². The quantitative estimate of drug-likeness (QED) is 0.755. The van der Waals surface area contributed by atoms with E-state index in [9.17, 15) is 5.11 Å². The number of aromatic hydroxyl groups is 1. The second-order valence-electron chi connectivity index (χ2n) is 7.41. The molecule has 2 N–H and O–H groups in total. The summed E-state index contributed by atoms with van der Waals surface area (Å²) in [5.41, 5.74) is 2.87. The fourth-order valence-electron chi connectivity index (χ4n) is 3.31. The minimum absolute atomic E-state index is 0.156. The van der Waals surface area contributed by atoms with Gasteiger partial charge in [-0.3, -0.25) is 9.67 Å². The SMILES string of the molecule is CC(C)c1cc(-c2n[nH]c(=S)n2C[C@H]2CCCO2)c(O)c(C(C)C)c1. The summed E-state index contributed by atoms with van der Waals surface area (Å²) >= 11 is 5.43. The van der Waals surface area contributed by atoms with Crippen LogP contribution in [0.4, 0.5) is 0 Å². The van der Waals surface area contributed by atoms with Gasteiger partial charge in [-0.15, -0.1) is 0 Å². The number of nitrogens with zero attached hydrogens (tertiary/aromatic N) is 2. The van der Waals surface area contributed by atoms with Crippen molar-refractivity contribution in [3.63, 3.8) is 0 Å². The second-order valence-corrected chi connectivity index (χ2v) is 7.80. The lowest BCUT2D eigenvalue weighted by atomic mass is 9.91. The highest BCUT2D eigenvalue weighted by molar-refractivity contribution is 7.71. The molecule has 1 aliphatic rings. The van der Waals surface area contributed by atoms with Gasteiger partial charge in [0.05, 0.1) is 18.2 Å². The summed E-state index contributed by atoms with van der Waals surface area (Å²) in [6, 6.07) is 4.13. The third kappa shape index (κ3) is 3.65. The number of hydrogen-bond acceptors (Lipinski definition) is 4. The van der Waals surface area contributed by atoms with Crippen molar-refractivity contribution in [3.8, 4) is 17.1 Å². The third-order valence-corrected chi connectivity index (χ3v) is 5.17. The molecule has 3 rings (SSSR count). The molecule has 5 nitrogen and oxygen atoms in total. The molecule has 0 saturated carbocycles. The molecule has 2 heterocycles. The minimum atomic E-state index is 0.156. The van der Waals surface area contributed by atoms with Gasteiger partial charge in [0.25, 0.3) is 0 Å². The van der Waals surface area contributed by atoms with E-state index in [1.807, 2.05) is 10.6 Å². The second kappa shape index (κ2) is 7.30. The Balaban J connectivity index is 2.11. The van der Waals surface area contributed by atoms with Gasteiger partial charge in [0.1, 0.15) is 5.75 Å². The number of phenols is 1. The predicted molar refractivity (Wildman–Crippen MR) is 102 cm³/mol.